The van der Waals surface area contributed by atoms with Crippen LogP contribution in [0.25, 0.3) is 0 Å². The lowest BCUT2D eigenvalue weighted by atomic mass is 10.2. The molecule has 0 spiro atoms. The molecular formula is C17H20FN3O2S. The average molecular weight is 349 g/mol. The summed E-state index contributed by atoms with van der Waals surface area (Å²) in [5.74, 6) is -0.569. The number of nitrogens with one attached hydrogen (secondary N) is 2. The molecule has 1 aliphatic heterocycles. The first-order valence-corrected chi connectivity index (χ1v) is 9.29. The maximum atomic E-state index is 13.5. The van der Waals surface area contributed by atoms with Crippen LogP contribution in [-0.2, 0) is 9.84 Å². The van der Waals surface area contributed by atoms with Gasteiger partial charge in [-0.1, -0.05) is 6.07 Å². The standard InChI is InChI=1S/C17H20FN3O2S/c1-19-16-6-5-14(21-9-7-20-8-10-21)12-17(16)24(22,23)15-4-2-3-13(18)11-15/h2-6,11-12,19-20H,7-10H2,1H3. The number of rotatable bonds is 4. The summed E-state index contributed by atoms with van der Waals surface area (Å²) in [6.45, 7) is 3.36. The number of benzene rings is 2. The van der Waals surface area contributed by atoms with Crippen molar-refractivity contribution in [2.24, 2.45) is 0 Å². The van der Waals surface area contributed by atoms with Crippen LogP contribution in [0.1, 0.15) is 0 Å². The summed E-state index contributed by atoms with van der Waals surface area (Å²) in [5.41, 5.74) is 1.35. The first-order valence-electron chi connectivity index (χ1n) is 7.80. The van der Waals surface area contributed by atoms with E-state index < -0.39 is 15.7 Å². The number of sulfone groups is 1. The Bertz CT molecular complexity index is 833. The number of hydrogen-bond donors (Lipinski definition) is 2. The minimum absolute atomic E-state index is 0.0449. The number of piperazine rings is 1. The van der Waals surface area contributed by atoms with Crippen LogP contribution < -0.4 is 15.5 Å². The molecule has 128 valence electrons. The highest BCUT2D eigenvalue weighted by atomic mass is 32.2. The maximum absolute atomic E-state index is 13.5. The van der Waals surface area contributed by atoms with Crippen LogP contribution in [0.15, 0.2) is 52.3 Å². The van der Waals surface area contributed by atoms with Crippen LogP contribution in [0.2, 0.25) is 0 Å². The fourth-order valence-corrected chi connectivity index (χ4v) is 4.34. The highest BCUT2D eigenvalue weighted by Gasteiger charge is 2.23. The maximum Gasteiger partial charge on any atom is 0.208 e. The highest BCUT2D eigenvalue weighted by molar-refractivity contribution is 7.91. The molecule has 1 fully saturated rings. The zero-order valence-corrected chi connectivity index (χ0v) is 14.2. The molecule has 0 saturated carbocycles. The van der Waals surface area contributed by atoms with E-state index in [0.29, 0.717) is 5.69 Å². The normalized spacial score (nSPS) is 15.3. The Balaban J connectivity index is 2.07. The van der Waals surface area contributed by atoms with E-state index in [-0.39, 0.29) is 9.79 Å². The Hall–Kier alpha value is -2.12. The topological polar surface area (TPSA) is 61.4 Å². The van der Waals surface area contributed by atoms with Crippen molar-refractivity contribution in [1.29, 1.82) is 0 Å². The van der Waals surface area contributed by atoms with E-state index in [9.17, 15) is 12.8 Å². The zero-order valence-electron chi connectivity index (χ0n) is 13.4. The first kappa shape index (κ1) is 16.7. The van der Waals surface area contributed by atoms with E-state index in [1.165, 1.54) is 18.2 Å². The van der Waals surface area contributed by atoms with Gasteiger partial charge in [0.15, 0.2) is 0 Å². The monoisotopic (exact) mass is 349 g/mol. The van der Waals surface area contributed by atoms with Crippen LogP contribution >= 0.6 is 0 Å². The molecule has 1 saturated heterocycles. The molecule has 0 amide bonds. The summed E-state index contributed by atoms with van der Waals surface area (Å²) in [5, 5.41) is 6.18. The minimum Gasteiger partial charge on any atom is -0.387 e. The van der Waals surface area contributed by atoms with Gasteiger partial charge in [0.2, 0.25) is 9.84 Å². The van der Waals surface area contributed by atoms with E-state index >= 15 is 0 Å². The summed E-state index contributed by atoms with van der Waals surface area (Å²) >= 11 is 0. The van der Waals surface area contributed by atoms with Crippen LogP contribution in [0, 0.1) is 5.82 Å². The largest absolute Gasteiger partial charge is 0.387 e. The molecule has 2 aromatic carbocycles. The molecule has 0 atom stereocenters. The minimum atomic E-state index is -3.81. The van der Waals surface area contributed by atoms with Crippen molar-refractivity contribution in [3.63, 3.8) is 0 Å². The van der Waals surface area contributed by atoms with Crippen LogP contribution in [-0.4, -0.2) is 41.6 Å². The lowest BCUT2D eigenvalue weighted by Gasteiger charge is -2.30. The molecule has 7 heteroatoms. The predicted octanol–water partition coefficient (Wildman–Crippen LogP) is 2.11. The van der Waals surface area contributed by atoms with Crippen molar-refractivity contribution < 1.29 is 12.8 Å². The van der Waals surface area contributed by atoms with Crippen molar-refractivity contribution in [2.45, 2.75) is 9.79 Å². The Kier molecular flexibility index (Phi) is 4.73. The van der Waals surface area contributed by atoms with Crippen LogP contribution in [0.3, 0.4) is 0 Å². The van der Waals surface area contributed by atoms with E-state index in [2.05, 4.69) is 15.5 Å². The average Bonchev–Trinajstić information content (AvgIpc) is 2.62. The van der Waals surface area contributed by atoms with Crippen LogP contribution in [0.5, 0.6) is 0 Å². The fourth-order valence-electron chi connectivity index (χ4n) is 2.82. The highest BCUT2D eigenvalue weighted by Crippen LogP contribution is 2.31. The van der Waals surface area contributed by atoms with Crippen molar-refractivity contribution in [3.05, 3.63) is 48.3 Å². The molecule has 0 aliphatic carbocycles. The van der Waals surface area contributed by atoms with E-state index in [1.807, 2.05) is 6.07 Å². The van der Waals surface area contributed by atoms with Gasteiger partial charge in [-0.25, -0.2) is 12.8 Å². The van der Waals surface area contributed by atoms with E-state index in [4.69, 9.17) is 0 Å². The number of hydrogen-bond acceptors (Lipinski definition) is 5. The van der Waals surface area contributed by atoms with E-state index in [0.717, 1.165) is 37.9 Å². The van der Waals surface area contributed by atoms with Crippen LogP contribution in [0.4, 0.5) is 15.8 Å². The molecule has 1 heterocycles. The quantitative estimate of drug-likeness (QED) is 0.885. The zero-order chi connectivity index (χ0) is 17.2. The predicted molar refractivity (Wildman–Crippen MR) is 92.9 cm³/mol. The second-order valence-corrected chi connectivity index (χ2v) is 7.55. The fraction of sp³-hybridized carbons (Fsp3) is 0.294. The summed E-state index contributed by atoms with van der Waals surface area (Å²) in [7, 11) is -2.14. The number of nitrogens with zero attached hydrogens (tertiary/aromatic N) is 1. The SMILES string of the molecule is CNc1ccc(N2CCNCC2)cc1S(=O)(=O)c1cccc(F)c1. The molecule has 0 aromatic heterocycles. The molecule has 0 unspecified atom stereocenters. The lowest BCUT2D eigenvalue weighted by molar-refractivity contribution is 0.586. The summed E-state index contributed by atoms with van der Waals surface area (Å²) in [6, 6.07) is 10.4. The smallest absolute Gasteiger partial charge is 0.208 e. The van der Waals surface area contributed by atoms with Crippen molar-refractivity contribution in [3.8, 4) is 0 Å². The Morgan fingerprint density at radius 1 is 1.12 bits per heavy atom. The third-order valence-electron chi connectivity index (χ3n) is 4.11. The van der Waals surface area contributed by atoms with Gasteiger partial charge in [0.1, 0.15) is 5.82 Å². The summed E-state index contributed by atoms with van der Waals surface area (Å²) in [6.07, 6.45) is 0. The van der Waals surface area contributed by atoms with E-state index in [1.54, 1.807) is 19.2 Å². The number of anilines is 2. The third-order valence-corrected chi connectivity index (χ3v) is 5.90. The Morgan fingerprint density at radius 2 is 1.88 bits per heavy atom. The molecule has 3 rings (SSSR count). The molecule has 0 bridgehead atoms. The van der Waals surface area contributed by atoms with Gasteiger partial charge in [-0.2, -0.15) is 0 Å². The van der Waals surface area contributed by atoms with Gasteiger partial charge < -0.3 is 15.5 Å². The van der Waals surface area contributed by atoms with Crippen molar-refractivity contribution in [1.82, 2.24) is 5.32 Å². The van der Waals surface area contributed by atoms with Gasteiger partial charge in [-0.3, -0.25) is 0 Å². The molecule has 5 nitrogen and oxygen atoms in total. The van der Waals surface area contributed by atoms with Crippen molar-refractivity contribution in [2.75, 3.05) is 43.4 Å². The molecule has 2 aromatic rings. The lowest BCUT2D eigenvalue weighted by Crippen LogP contribution is -2.43. The first-order chi connectivity index (χ1) is 11.5. The molecular weight excluding hydrogens is 329 g/mol. The van der Waals surface area contributed by atoms with Gasteiger partial charge in [-0.15, -0.1) is 0 Å². The molecule has 0 radical (unpaired) electrons. The summed E-state index contributed by atoms with van der Waals surface area (Å²) in [4.78, 5) is 2.25. The van der Waals surface area contributed by atoms with Gasteiger partial charge in [-0.05, 0) is 36.4 Å². The van der Waals surface area contributed by atoms with Crippen molar-refractivity contribution >= 4 is 21.2 Å². The van der Waals surface area contributed by atoms with Gasteiger partial charge in [0.25, 0.3) is 0 Å². The molecule has 1 aliphatic rings. The Labute approximate surface area is 141 Å². The molecule has 24 heavy (non-hydrogen) atoms. The van der Waals surface area contributed by atoms with Gasteiger partial charge in [0.05, 0.1) is 15.5 Å². The third kappa shape index (κ3) is 3.22. The van der Waals surface area contributed by atoms with Gasteiger partial charge in [0, 0.05) is 38.9 Å². The number of halogens is 1. The van der Waals surface area contributed by atoms with Gasteiger partial charge >= 0.3 is 0 Å². The second-order valence-electron chi connectivity index (χ2n) is 5.63. The molecule has 2 N–H and O–H groups in total. The second kappa shape index (κ2) is 6.78. The summed E-state index contributed by atoms with van der Waals surface area (Å²) < 4.78 is 39.4. The Morgan fingerprint density at radius 3 is 2.54 bits per heavy atom.